The van der Waals surface area contributed by atoms with Crippen LogP contribution in [0.25, 0.3) is 0 Å². The van der Waals surface area contributed by atoms with Gasteiger partial charge in [-0.1, -0.05) is 0 Å². The fourth-order valence-electron chi connectivity index (χ4n) is 0.821. The molecular formula is C6H16N3NaO3. The Labute approximate surface area is 99.7 Å². The summed E-state index contributed by atoms with van der Waals surface area (Å²) in [6.45, 7) is 5.30. The number of hydrogen-bond donors (Lipinski definition) is 2. The maximum atomic E-state index is 10.9. The monoisotopic (exact) mass is 201 g/mol. The van der Waals surface area contributed by atoms with E-state index in [4.69, 9.17) is 10.3 Å². The number of aliphatic hydroxyl groups excluding tert-OH is 1. The summed E-state index contributed by atoms with van der Waals surface area (Å²) in [6.07, 6.45) is 0. The van der Waals surface area contributed by atoms with Gasteiger partial charge < -0.3 is 15.5 Å². The average Bonchev–Trinajstić information content (AvgIpc) is 1.96. The Morgan fingerprint density at radius 3 is 2.15 bits per heavy atom. The van der Waals surface area contributed by atoms with Crippen LogP contribution in [0.15, 0.2) is 5.28 Å². The van der Waals surface area contributed by atoms with Gasteiger partial charge in [0, 0.05) is 0 Å². The molecule has 0 atom stereocenters. The van der Waals surface area contributed by atoms with Crippen LogP contribution in [0.5, 0.6) is 0 Å². The quantitative estimate of drug-likeness (QED) is 0.284. The zero-order valence-corrected chi connectivity index (χ0v) is 7.56. The molecule has 7 heteroatoms. The van der Waals surface area contributed by atoms with Gasteiger partial charge in [0.1, 0.15) is 6.54 Å². The molecule has 6 nitrogen and oxygen atoms in total. The van der Waals surface area contributed by atoms with Crippen molar-refractivity contribution in [3.8, 4) is 0 Å². The molecule has 0 unspecified atom stereocenters. The average molecular weight is 201 g/mol. The van der Waals surface area contributed by atoms with E-state index < -0.39 is 5.54 Å². The molecule has 0 heterocycles. The summed E-state index contributed by atoms with van der Waals surface area (Å²) in [6, 6.07) is 0. The molecule has 0 amide bonds. The van der Waals surface area contributed by atoms with Gasteiger partial charge in [0.15, 0.2) is 0 Å². The van der Waals surface area contributed by atoms with Crippen molar-refractivity contribution in [2.45, 2.75) is 26.3 Å². The van der Waals surface area contributed by atoms with Crippen molar-refractivity contribution in [2.75, 3.05) is 13.2 Å². The van der Waals surface area contributed by atoms with Gasteiger partial charge in [-0.25, -0.2) is 0 Å². The maximum absolute atomic E-state index is 10.9. The van der Waals surface area contributed by atoms with Crippen LogP contribution in [0.2, 0.25) is 0 Å². The van der Waals surface area contributed by atoms with Crippen LogP contribution < -0.4 is 0 Å². The number of hydrogen-bond acceptors (Lipinski definition) is 3. The molecule has 0 bridgehead atoms. The van der Waals surface area contributed by atoms with Gasteiger partial charge in [-0.2, -0.15) is 0 Å². The Balaban J connectivity index is 0. The summed E-state index contributed by atoms with van der Waals surface area (Å²) in [5.41, 5.74) is -0.475. The molecule has 0 radical (unpaired) electrons. The zero-order chi connectivity index (χ0) is 9.78. The summed E-state index contributed by atoms with van der Waals surface area (Å²) in [5, 5.41) is 31.4. The number of hydrazine groups is 1. The molecule has 0 fully saturated rings. The first-order valence-electron chi connectivity index (χ1n) is 3.64. The molecule has 74 valence electrons. The zero-order valence-electron chi connectivity index (χ0n) is 7.56. The molecule has 0 aromatic rings. The molecule has 0 rings (SSSR count). The molecule has 0 spiro atoms. The third-order valence-electron chi connectivity index (χ3n) is 1.37. The van der Waals surface area contributed by atoms with Crippen LogP contribution in [0, 0.1) is 5.21 Å². The first-order valence-corrected chi connectivity index (χ1v) is 3.64. The third kappa shape index (κ3) is 5.30. The molecule has 0 aromatic carbocycles. The second-order valence-corrected chi connectivity index (χ2v) is 3.36. The van der Waals surface area contributed by atoms with Gasteiger partial charge in [-0.15, -0.1) is 5.01 Å². The van der Waals surface area contributed by atoms with Crippen LogP contribution in [0.3, 0.4) is 0 Å². The number of nitrogens with zero attached hydrogens (tertiary/aromatic N) is 3. The third-order valence-corrected chi connectivity index (χ3v) is 1.37. The Morgan fingerprint density at radius 1 is 1.46 bits per heavy atom. The summed E-state index contributed by atoms with van der Waals surface area (Å²) >= 11 is 0. The number of rotatable bonds is 3. The Hall–Kier alpha value is -0.0400. The van der Waals surface area contributed by atoms with Gasteiger partial charge >= 0.3 is 29.6 Å². The van der Waals surface area contributed by atoms with Crippen LogP contribution in [0.4, 0.5) is 0 Å². The van der Waals surface area contributed by atoms with Gasteiger partial charge in [-0.3, -0.25) is 0 Å². The minimum absolute atomic E-state index is 0. The van der Waals surface area contributed by atoms with Crippen LogP contribution >= 0.6 is 0 Å². The molecule has 0 saturated heterocycles. The normalized spacial score (nSPS) is 12.2. The van der Waals surface area contributed by atoms with E-state index in [9.17, 15) is 5.21 Å². The van der Waals surface area contributed by atoms with Crippen molar-refractivity contribution < 1.29 is 15.3 Å². The van der Waals surface area contributed by atoms with E-state index in [1.165, 1.54) is 5.01 Å². The van der Waals surface area contributed by atoms with E-state index in [-0.39, 0.29) is 47.7 Å². The Bertz CT molecular complexity index is 169. The van der Waals surface area contributed by atoms with Crippen molar-refractivity contribution in [3.05, 3.63) is 5.21 Å². The SMILES string of the molecule is CC(C)(C)N(CCO)/[N+]([O-])=N/O.[NaH]. The summed E-state index contributed by atoms with van der Waals surface area (Å²) in [5.74, 6) is 0. The van der Waals surface area contributed by atoms with E-state index in [0.717, 1.165) is 0 Å². The molecule has 0 aromatic heterocycles. The van der Waals surface area contributed by atoms with E-state index in [0.29, 0.717) is 0 Å². The molecule has 2 N–H and O–H groups in total. The van der Waals surface area contributed by atoms with Gasteiger partial charge in [-0.05, 0) is 20.8 Å². The summed E-state index contributed by atoms with van der Waals surface area (Å²) in [7, 11) is 0. The molecule has 0 saturated carbocycles. The first kappa shape index (κ1) is 15.4. The second kappa shape index (κ2) is 6.42. The Morgan fingerprint density at radius 2 is 1.92 bits per heavy atom. The van der Waals surface area contributed by atoms with E-state index in [1.807, 2.05) is 0 Å². The topological polar surface area (TPSA) is 82.1 Å². The summed E-state index contributed by atoms with van der Waals surface area (Å²) in [4.78, 5) is 0.0657. The standard InChI is InChI=1S/C6H15N3O3.Na.H/c1-6(2,3)8(4-5-10)9(12)7-11;;/h10-11H,4-5H2,1-3H3;;/b9-7-;;. The van der Waals surface area contributed by atoms with Crippen LogP contribution in [-0.4, -0.2) is 68.5 Å². The van der Waals surface area contributed by atoms with Crippen molar-refractivity contribution in [2.24, 2.45) is 5.28 Å². The first-order chi connectivity index (χ1) is 5.43. The van der Waals surface area contributed by atoms with Crippen LogP contribution in [-0.2, 0) is 0 Å². The Kier molecular flexibility index (Phi) is 7.62. The number of β-amino-alcohol motifs (C(OH)–C–C–N with tert-alkyl or cyclic N) is 1. The predicted octanol–water partition coefficient (Wildman–Crippen LogP) is -0.303. The number of aliphatic hydroxyl groups is 1. The van der Waals surface area contributed by atoms with E-state index in [2.05, 4.69) is 5.28 Å². The molecule has 0 aliphatic heterocycles. The van der Waals surface area contributed by atoms with Crippen molar-refractivity contribution in [1.82, 2.24) is 5.01 Å². The minimum atomic E-state index is -0.475. The van der Waals surface area contributed by atoms with Crippen LogP contribution in [0.1, 0.15) is 20.8 Å². The predicted molar refractivity (Wildman–Crippen MR) is 48.5 cm³/mol. The van der Waals surface area contributed by atoms with Crippen molar-refractivity contribution >= 4 is 29.6 Å². The van der Waals surface area contributed by atoms with Gasteiger partial charge in [0.05, 0.1) is 17.1 Å². The summed E-state index contributed by atoms with van der Waals surface area (Å²) < 4.78 is 0. The molecule has 13 heavy (non-hydrogen) atoms. The van der Waals surface area contributed by atoms with Crippen molar-refractivity contribution in [3.63, 3.8) is 0 Å². The fraction of sp³-hybridized carbons (Fsp3) is 1.00. The van der Waals surface area contributed by atoms with Crippen molar-refractivity contribution in [1.29, 1.82) is 0 Å². The second-order valence-electron chi connectivity index (χ2n) is 3.36. The fourth-order valence-corrected chi connectivity index (χ4v) is 0.821. The van der Waals surface area contributed by atoms with Gasteiger partial charge in [0.2, 0.25) is 5.28 Å². The molecule has 0 aliphatic carbocycles. The van der Waals surface area contributed by atoms with E-state index >= 15 is 0 Å². The molecule has 0 aliphatic rings. The molecular weight excluding hydrogens is 185 g/mol. The van der Waals surface area contributed by atoms with Gasteiger partial charge in [0.25, 0.3) is 0 Å². The van der Waals surface area contributed by atoms with E-state index in [1.54, 1.807) is 20.8 Å².